The van der Waals surface area contributed by atoms with E-state index < -0.39 is 5.97 Å². The zero-order chi connectivity index (χ0) is 14.6. The molecule has 0 radical (unpaired) electrons. The Morgan fingerprint density at radius 3 is 2.55 bits per heavy atom. The van der Waals surface area contributed by atoms with Crippen molar-refractivity contribution in [3.05, 3.63) is 12.2 Å². The number of rotatable bonds is 8. The second kappa shape index (κ2) is 10.5. The molecule has 20 heavy (non-hydrogen) atoms. The molecule has 1 amide bonds. The van der Waals surface area contributed by atoms with E-state index in [2.05, 4.69) is 12.2 Å². The molecule has 0 saturated heterocycles. The smallest absolute Gasteiger partial charge is 0.331 e. The van der Waals surface area contributed by atoms with Crippen LogP contribution >= 0.6 is 0 Å². The van der Waals surface area contributed by atoms with Crippen molar-refractivity contribution in [2.75, 3.05) is 6.54 Å². The lowest BCUT2D eigenvalue weighted by atomic mass is 9.98. The number of amides is 1. The molecule has 1 aliphatic carbocycles. The maximum atomic E-state index is 11.5. The van der Waals surface area contributed by atoms with Crippen LogP contribution in [-0.2, 0) is 14.3 Å². The van der Waals surface area contributed by atoms with Crippen LogP contribution in [0, 0.1) is 0 Å². The fourth-order valence-corrected chi connectivity index (χ4v) is 2.35. The third kappa shape index (κ3) is 7.97. The maximum absolute atomic E-state index is 11.5. The first-order valence-electron chi connectivity index (χ1n) is 7.89. The summed E-state index contributed by atoms with van der Waals surface area (Å²) < 4.78 is 5.29. The average Bonchev–Trinajstić information content (AvgIpc) is 2.46. The van der Waals surface area contributed by atoms with Crippen LogP contribution < -0.4 is 5.32 Å². The fraction of sp³-hybridized carbons (Fsp3) is 0.750. The largest absolute Gasteiger partial charge is 0.459 e. The zero-order valence-electron chi connectivity index (χ0n) is 12.5. The summed E-state index contributed by atoms with van der Waals surface area (Å²) >= 11 is 0. The predicted molar refractivity (Wildman–Crippen MR) is 79.3 cm³/mol. The SMILES string of the molecule is CCCCCCNC(=O)/C=C\C(=O)OC1CCCCC1. The minimum absolute atomic E-state index is 0.0398. The lowest BCUT2D eigenvalue weighted by Crippen LogP contribution is -2.23. The molecule has 4 nitrogen and oxygen atoms in total. The number of hydrogen-bond donors (Lipinski definition) is 1. The molecule has 0 bridgehead atoms. The molecule has 1 aliphatic rings. The summed E-state index contributed by atoms with van der Waals surface area (Å²) in [5.41, 5.74) is 0. The lowest BCUT2D eigenvalue weighted by molar-refractivity contribution is -0.144. The number of unbranched alkanes of at least 4 members (excludes halogenated alkanes) is 3. The van der Waals surface area contributed by atoms with Gasteiger partial charge in [-0.1, -0.05) is 32.6 Å². The Balaban J connectivity index is 2.11. The summed E-state index contributed by atoms with van der Waals surface area (Å²) in [6.45, 7) is 2.82. The minimum Gasteiger partial charge on any atom is -0.459 e. The van der Waals surface area contributed by atoms with Gasteiger partial charge >= 0.3 is 5.97 Å². The molecule has 4 heteroatoms. The van der Waals surface area contributed by atoms with Gasteiger partial charge in [0.05, 0.1) is 0 Å². The Bertz CT molecular complexity index is 320. The molecule has 114 valence electrons. The van der Waals surface area contributed by atoms with E-state index in [-0.39, 0.29) is 12.0 Å². The van der Waals surface area contributed by atoms with Crippen molar-refractivity contribution in [1.82, 2.24) is 5.32 Å². The first-order valence-corrected chi connectivity index (χ1v) is 7.89. The van der Waals surface area contributed by atoms with Gasteiger partial charge in [-0.2, -0.15) is 0 Å². The van der Waals surface area contributed by atoms with E-state index in [1.165, 1.54) is 31.4 Å². The van der Waals surface area contributed by atoms with Crippen molar-refractivity contribution >= 4 is 11.9 Å². The Morgan fingerprint density at radius 2 is 1.85 bits per heavy atom. The molecule has 0 heterocycles. The van der Waals surface area contributed by atoms with Gasteiger partial charge in [-0.15, -0.1) is 0 Å². The number of esters is 1. The summed E-state index contributed by atoms with van der Waals surface area (Å²) in [6, 6.07) is 0. The van der Waals surface area contributed by atoms with Gasteiger partial charge in [-0.05, 0) is 32.1 Å². The number of carbonyl (C=O) groups excluding carboxylic acids is 2. The molecule has 0 unspecified atom stereocenters. The van der Waals surface area contributed by atoms with E-state index in [1.54, 1.807) is 0 Å². The molecule has 1 fully saturated rings. The summed E-state index contributed by atoms with van der Waals surface area (Å²) in [4.78, 5) is 23.0. The monoisotopic (exact) mass is 281 g/mol. The van der Waals surface area contributed by atoms with E-state index in [4.69, 9.17) is 4.74 Å². The molecule has 0 aromatic heterocycles. The van der Waals surface area contributed by atoms with E-state index >= 15 is 0 Å². The highest BCUT2D eigenvalue weighted by atomic mass is 16.5. The molecule has 0 atom stereocenters. The topological polar surface area (TPSA) is 55.4 Å². The molecule has 0 aliphatic heterocycles. The van der Waals surface area contributed by atoms with Crippen molar-refractivity contribution < 1.29 is 14.3 Å². The Labute approximate surface area is 122 Å². The molecule has 0 aromatic carbocycles. The standard InChI is InChI=1S/C16H27NO3/c1-2-3-4-8-13-17-15(18)11-12-16(19)20-14-9-6-5-7-10-14/h11-12,14H,2-10,13H2,1H3,(H,17,18)/b12-11-. The predicted octanol–water partition coefficient (Wildman–Crippen LogP) is 3.12. The normalized spacial score (nSPS) is 16.2. The molecule has 1 saturated carbocycles. The first-order chi connectivity index (χ1) is 9.72. The summed E-state index contributed by atoms with van der Waals surface area (Å²) in [5, 5.41) is 2.77. The second-order valence-electron chi connectivity index (χ2n) is 5.38. The van der Waals surface area contributed by atoms with Crippen LogP contribution in [0.5, 0.6) is 0 Å². The number of carbonyl (C=O) groups is 2. The highest BCUT2D eigenvalue weighted by Gasteiger charge is 2.16. The number of nitrogens with one attached hydrogen (secondary N) is 1. The van der Waals surface area contributed by atoms with Crippen molar-refractivity contribution in [2.45, 2.75) is 70.8 Å². The second-order valence-corrected chi connectivity index (χ2v) is 5.38. The maximum Gasteiger partial charge on any atom is 0.331 e. The third-order valence-corrected chi connectivity index (χ3v) is 3.54. The molecular formula is C16H27NO3. The average molecular weight is 281 g/mol. The number of ether oxygens (including phenoxy) is 1. The van der Waals surface area contributed by atoms with Gasteiger partial charge in [-0.3, -0.25) is 4.79 Å². The van der Waals surface area contributed by atoms with Gasteiger partial charge in [0, 0.05) is 18.7 Å². The van der Waals surface area contributed by atoms with Crippen LogP contribution in [0.1, 0.15) is 64.7 Å². The Morgan fingerprint density at radius 1 is 1.10 bits per heavy atom. The van der Waals surface area contributed by atoms with E-state index in [0.29, 0.717) is 6.54 Å². The quantitative estimate of drug-likeness (QED) is 0.422. The van der Waals surface area contributed by atoms with Gasteiger partial charge in [0.1, 0.15) is 6.10 Å². The molecule has 0 spiro atoms. The van der Waals surface area contributed by atoms with Crippen LogP contribution in [0.4, 0.5) is 0 Å². The summed E-state index contributed by atoms with van der Waals surface area (Å²) in [7, 11) is 0. The van der Waals surface area contributed by atoms with E-state index in [9.17, 15) is 9.59 Å². The van der Waals surface area contributed by atoms with Gasteiger partial charge in [0.25, 0.3) is 0 Å². The van der Waals surface area contributed by atoms with Crippen molar-refractivity contribution in [2.24, 2.45) is 0 Å². The van der Waals surface area contributed by atoms with E-state index in [0.717, 1.165) is 38.5 Å². The molecule has 0 aromatic rings. The van der Waals surface area contributed by atoms with Gasteiger partial charge in [-0.25, -0.2) is 4.79 Å². The molecular weight excluding hydrogens is 254 g/mol. The Hall–Kier alpha value is -1.32. The van der Waals surface area contributed by atoms with Crippen molar-refractivity contribution in [3.63, 3.8) is 0 Å². The van der Waals surface area contributed by atoms with Crippen LogP contribution in [0.25, 0.3) is 0 Å². The van der Waals surface area contributed by atoms with Crippen molar-refractivity contribution in [3.8, 4) is 0 Å². The third-order valence-electron chi connectivity index (χ3n) is 3.54. The summed E-state index contributed by atoms with van der Waals surface area (Å²) in [6.07, 6.45) is 12.4. The van der Waals surface area contributed by atoms with E-state index in [1.807, 2.05) is 0 Å². The minimum atomic E-state index is -0.405. The van der Waals surface area contributed by atoms with Crippen molar-refractivity contribution in [1.29, 1.82) is 0 Å². The molecule has 1 N–H and O–H groups in total. The van der Waals surface area contributed by atoms with Crippen LogP contribution in [0.3, 0.4) is 0 Å². The fourth-order valence-electron chi connectivity index (χ4n) is 2.35. The van der Waals surface area contributed by atoms with Crippen LogP contribution in [-0.4, -0.2) is 24.5 Å². The zero-order valence-corrected chi connectivity index (χ0v) is 12.5. The lowest BCUT2D eigenvalue weighted by Gasteiger charge is -2.20. The highest BCUT2D eigenvalue weighted by molar-refractivity contribution is 5.94. The van der Waals surface area contributed by atoms with Crippen LogP contribution in [0.15, 0.2) is 12.2 Å². The van der Waals surface area contributed by atoms with Gasteiger partial charge in [0.15, 0.2) is 0 Å². The van der Waals surface area contributed by atoms with Gasteiger partial charge < -0.3 is 10.1 Å². The van der Waals surface area contributed by atoms with Gasteiger partial charge in [0.2, 0.25) is 5.91 Å². The molecule has 1 rings (SSSR count). The number of hydrogen-bond acceptors (Lipinski definition) is 3. The summed E-state index contributed by atoms with van der Waals surface area (Å²) in [5.74, 6) is -0.625. The first kappa shape index (κ1) is 16.7. The van der Waals surface area contributed by atoms with Crippen LogP contribution in [0.2, 0.25) is 0 Å². The highest BCUT2D eigenvalue weighted by Crippen LogP contribution is 2.20. The Kier molecular flexibility index (Phi) is 8.76.